The molecular formula is C13H21N5. The maximum Gasteiger partial charge on any atom is 0.131 e. The van der Waals surface area contributed by atoms with Gasteiger partial charge in [-0.05, 0) is 20.3 Å². The molecule has 18 heavy (non-hydrogen) atoms. The number of hydrogen-bond acceptors (Lipinski definition) is 3. The van der Waals surface area contributed by atoms with Crippen molar-refractivity contribution in [2.45, 2.75) is 39.7 Å². The van der Waals surface area contributed by atoms with Crippen LogP contribution < -0.4 is 5.73 Å². The van der Waals surface area contributed by atoms with Gasteiger partial charge in [-0.25, -0.2) is 4.98 Å². The van der Waals surface area contributed by atoms with Crippen LogP contribution in [0.4, 0.5) is 5.82 Å². The minimum Gasteiger partial charge on any atom is -0.383 e. The SMILES string of the molecule is CCCc1nc(-c2cnn(C(C)C)c2)c(N)n1C. The van der Waals surface area contributed by atoms with Crippen LogP contribution in [0.1, 0.15) is 39.1 Å². The van der Waals surface area contributed by atoms with Crippen LogP contribution in [0.5, 0.6) is 0 Å². The molecule has 0 saturated heterocycles. The van der Waals surface area contributed by atoms with E-state index in [2.05, 4.69) is 30.9 Å². The summed E-state index contributed by atoms with van der Waals surface area (Å²) in [6.07, 6.45) is 5.83. The highest BCUT2D eigenvalue weighted by atomic mass is 15.3. The first-order valence-corrected chi connectivity index (χ1v) is 6.40. The normalized spacial score (nSPS) is 11.4. The zero-order chi connectivity index (χ0) is 13.3. The summed E-state index contributed by atoms with van der Waals surface area (Å²) in [5.74, 6) is 1.74. The van der Waals surface area contributed by atoms with E-state index in [1.807, 2.05) is 28.7 Å². The van der Waals surface area contributed by atoms with Crippen molar-refractivity contribution in [3.63, 3.8) is 0 Å². The van der Waals surface area contributed by atoms with E-state index in [0.29, 0.717) is 11.9 Å². The van der Waals surface area contributed by atoms with Gasteiger partial charge in [0.25, 0.3) is 0 Å². The second-order valence-electron chi connectivity index (χ2n) is 4.87. The quantitative estimate of drug-likeness (QED) is 0.902. The molecule has 5 heteroatoms. The fourth-order valence-electron chi connectivity index (χ4n) is 1.96. The third kappa shape index (κ3) is 2.12. The van der Waals surface area contributed by atoms with E-state index in [4.69, 9.17) is 5.73 Å². The lowest BCUT2D eigenvalue weighted by molar-refractivity contribution is 0.532. The van der Waals surface area contributed by atoms with Crippen LogP contribution in [0.25, 0.3) is 11.3 Å². The van der Waals surface area contributed by atoms with Crippen LogP contribution >= 0.6 is 0 Å². The molecule has 0 aliphatic heterocycles. The van der Waals surface area contributed by atoms with Crippen molar-refractivity contribution >= 4 is 5.82 Å². The molecule has 0 aliphatic carbocycles. The first-order valence-electron chi connectivity index (χ1n) is 6.40. The topological polar surface area (TPSA) is 61.7 Å². The second-order valence-corrected chi connectivity index (χ2v) is 4.87. The summed E-state index contributed by atoms with van der Waals surface area (Å²) in [7, 11) is 1.96. The van der Waals surface area contributed by atoms with Gasteiger partial charge in [0.2, 0.25) is 0 Å². The van der Waals surface area contributed by atoms with E-state index in [-0.39, 0.29) is 0 Å². The van der Waals surface area contributed by atoms with Gasteiger partial charge in [-0.2, -0.15) is 5.10 Å². The number of nitrogens with two attached hydrogens (primary N) is 1. The molecule has 0 fully saturated rings. The van der Waals surface area contributed by atoms with Crippen molar-refractivity contribution in [2.24, 2.45) is 7.05 Å². The van der Waals surface area contributed by atoms with E-state index in [9.17, 15) is 0 Å². The molecule has 0 radical (unpaired) electrons. The Balaban J connectivity index is 2.40. The van der Waals surface area contributed by atoms with E-state index in [1.165, 1.54) is 0 Å². The molecule has 0 amide bonds. The van der Waals surface area contributed by atoms with Gasteiger partial charge in [0.15, 0.2) is 0 Å². The highest BCUT2D eigenvalue weighted by molar-refractivity contribution is 5.69. The molecular weight excluding hydrogens is 226 g/mol. The highest BCUT2D eigenvalue weighted by Gasteiger charge is 2.15. The standard InChI is InChI=1S/C13H21N5/c1-5-6-11-16-12(13(14)17(11)4)10-7-15-18(8-10)9(2)3/h7-9H,5-6,14H2,1-4H3. The summed E-state index contributed by atoms with van der Waals surface area (Å²) in [5, 5.41) is 4.33. The maximum atomic E-state index is 6.11. The molecule has 0 spiro atoms. The lowest BCUT2D eigenvalue weighted by Gasteiger charge is -2.02. The predicted octanol–water partition coefficient (Wildman–Crippen LogP) is 2.40. The van der Waals surface area contributed by atoms with Gasteiger partial charge in [-0.15, -0.1) is 0 Å². The Bertz CT molecular complexity index is 536. The third-order valence-corrected chi connectivity index (χ3v) is 3.11. The number of nitrogens with zero attached hydrogens (tertiary/aromatic N) is 4. The Kier molecular flexibility index (Phi) is 3.41. The first-order chi connectivity index (χ1) is 8.54. The number of rotatable bonds is 4. The summed E-state index contributed by atoms with van der Waals surface area (Å²) >= 11 is 0. The Morgan fingerprint density at radius 2 is 2.11 bits per heavy atom. The lowest BCUT2D eigenvalue weighted by atomic mass is 10.2. The Hall–Kier alpha value is -1.78. The number of anilines is 1. The van der Waals surface area contributed by atoms with Crippen molar-refractivity contribution in [1.29, 1.82) is 0 Å². The zero-order valence-corrected chi connectivity index (χ0v) is 11.5. The van der Waals surface area contributed by atoms with Crippen molar-refractivity contribution in [3.8, 4) is 11.3 Å². The van der Waals surface area contributed by atoms with E-state index >= 15 is 0 Å². The summed E-state index contributed by atoms with van der Waals surface area (Å²) in [6, 6.07) is 0.346. The van der Waals surface area contributed by atoms with Crippen molar-refractivity contribution in [1.82, 2.24) is 19.3 Å². The smallest absolute Gasteiger partial charge is 0.131 e. The zero-order valence-electron chi connectivity index (χ0n) is 11.5. The molecule has 5 nitrogen and oxygen atoms in total. The molecule has 0 unspecified atom stereocenters. The summed E-state index contributed by atoms with van der Waals surface area (Å²) in [4.78, 5) is 4.63. The Morgan fingerprint density at radius 3 is 2.67 bits per heavy atom. The predicted molar refractivity (Wildman–Crippen MR) is 73.2 cm³/mol. The largest absolute Gasteiger partial charge is 0.383 e. The van der Waals surface area contributed by atoms with Gasteiger partial charge in [0.05, 0.1) is 6.20 Å². The number of nitrogen functional groups attached to an aromatic ring is 1. The van der Waals surface area contributed by atoms with Crippen LogP contribution in [-0.2, 0) is 13.5 Å². The van der Waals surface area contributed by atoms with Crippen molar-refractivity contribution in [2.75, 3.05) is 5.73 Å². The summed E-state index contributed by atoms with van der Waals surface area (Å²) < 4.78 is 3.88. The number of aromatic nitrogens is 4. The fourth-order valence-corrected chi connectivity index (χ4v) is 1.96. The fraction of sp³-hybridized carbons (Fsp3) is 0.538. The van der Waals surface area contributed by atoms with Gasteiger partial charge in [0, 0.05) is 31.3 Å². The Labute approximate surface area is 108 Å². The van der Waals surface area contributed by atoms with Crippen LogP contribution in [-0.4, -0.2) is 19.3 Å². The van der Waals surface area contributed by atoms with Crippen molar-refractivity contribution < 1.29 is 0 Å². The lowest BCUT2D eigenvalue weighted by Crippen LogP contribution is -2.01. The second kappa shape index (κ2) is 4.84. The van der Waals surface area contributed by atoms with Crippen LogP contribution in [0, 0.1) is 0 Å². The molecule has 2 N–H and O–H groups in total. The minimum atomic E-state index is 0.346. The molecule has 0 saturated carbocycles. The van der Waals surface area contributed by atoms with Crippen molar-refractivity contribution in [3.05, 3.63) is 18.2 Å². The Morgan fingerprint density at radius 1 is 1.39 bits per heavy atom. The van der Waals surface area contributed by atoms with E-state index < -0.39 is 0 Å². The molecule has 0 aliphatic rings. The molecule has 98 valence electrons. The highest BCUT2D eigenvalue weighted by Crippen LogP contribution is 2.26. The maximum absolute atomic E-state index is 6.11. The van der Waals surface area contributed by atoms with E-state index in [1.54, 1.807) is 0 Å². The van der Waals surface area contributed by atoms with Gasteiger partial charge in [0.1, 0.15) is 17.3 Å². The van der Waals surface area contributed by atoms with E-state index in [0.717, 1.165) is 29.9 Å². The number of hydrogen-bond donors (Lipinski definition) is 1. The minimum absolute atomic E-state index is 0.346. The van der Waals surface area contributed by atoms with Gasteiger partial charge in [-0.3, -0.25) is 4.68 Å². The molecule has 2 rings (SSSR count). The molecule has 0 aromatic carbocycles. The van der Waals surface area contributed by atoms with Gasteiger partial charge in [-0.1, -0.05) is 6.92 Å². The molecule has 0 bridgehead atoms. The van der Waals surface area contributed by atoms with Crippen LogP contribution in [0.15, 0.2) is 12.4 Å². The molecule has 0 atom stereocenters. The average molecular weight is 247 g/mol. The molecule has 2 aromatic heterocycles. The number of aryl methyl sites for hydroxylation is 1. The third-order valence-electron chi connectivity index (χ3n) is 3.11. The van der Waals surface area contributed by atoms with Gasteiger partial charge < -0.3 is 10.3 Å². The summed E-state index contributed by atoms with van der Waals surface area (Å²) in [5.41, 5.74) is 7.94. The number of imidazole rings is 1. The molecule has 2 aromatic rings. The monoisotopic (exact) mass is 247 g/mol. The molecule has 2 heterocycles. The summed E-state index contributed by atoms with van der Waals surface area (Å²) in [6.45, 7) is 6.34. The first kappa shape index (κ1) is 12.7. The van der Waals surface area contributed by atoms with Crippen LogP contribution in [0.3, 0.4) is 0 Å². The average Bonchev–Trinajstić information content (AvgIpc) is 2.90. The van der Waals surface area contributed by atoms with Crippen LogP contribution in [0.2, 0.25) is 0 Å². The van der Waals surface area contributed by atoms with Gasteiger partial charge >= 0.3 is 0 Å².